The maximum Gasteiger partial charge on any atom is 0.316 e. The van der Waals surface area contributed by atoms with Gasteiger partial charge in [0, 0.05) is 18.1 Å². The van der Waals surface area contributed by atoms with Gasteiger partial charge in [-0.25, -0.2) is 0 Å². The van der Waals surface area contributed by atoms with Crippen molar-refractivity contribution in [3.05, 3.63) is 78.8 Å². The first kappa shape index (κ1) is 17.3. The number of halogens is 2. The van der Waals surface area contributed by atoms with Gasteiger partial charge in [0.05, 0.1) is 21.6 Å². The Kier molecular flexibility index (Phi) is 4.92. The lowest BCUT2D eigenvalue weighted by atomic mass is 10.2. The third kappa shape index (κ3) is 3.60. The number of rotatable bonds is 4. The monoisotopic (exact) mass is 377 g/mol. The van der Waals surface area contributed by atoms with E-state index in [0.29, 0.717) is 16.1 Å². The van der Waals surface area contributed by atoms with Crippen LogP contribution in [0, 0.1) is 0 Å². The van der Waals surface area contributed by atoms with Crippen molar-refractivity contribution in [3.63, 3.8) is 0 Å². The molecule has 0 unspecified atom stereocenters. The Morgan fingerprint density at radius 2 is 1.88 bits per heavy atom. The summed E-state index contributed by atoms with van der Waals surface area (Å²) in [7, 11) is 0. The third-order valence-electron chi connectivity index (χ3n) is 3.68. The van der Waals surface area contributed by atoms with Crippen molar-refractivity contribution < 1.29 is 4.79 Å². The summed E-state index contributed by atoms with van der Waals surface area (Å²) in [6.07, 6.45) is 0. The Balaban J connectivity index is 1.79. The molecule has 2 N–H and O–H groups in total. The minimum Gasteiger partial charge on any atom is -0.350 e. The number of carbonyl (C=O) groups is 1. The Bertz CT molecular complexity index is 1070. The second-order valence-electron chi connectivity index (χ2n) is 5.31. The third-order valence-corrected chi connectivity index (χ3v) is 4.23. The zero-order valence-corrected chi connectivity index (χ0v) is 14.4. The Labute approximate surface area is 152 Å². The van der Waals surface area contributed by atoms with Gasteiger partial charge in [0.25, 0.3) is 5.91 Å². The predicted molar refractivity (Wildman–Crippen MR) is 97.6 cm³/mol. The SMILES string of the molecule is O=C(NCCn1c(=O)c(=O)[nH]c2ccccc21)c1ccc(Cl)cc1Cl. The Morgan fingerprint density at radius 1 is 1.12 bits per heavy atom. The lowest BCUT2D eigenvalue weighted by molar-refractivity contribution is 0.0952. The molecule has 1 heterocycles. The molecule has 0 saturated carbocycles. The van der Waals surface area contributed by atoms with Gasteiger partial charge >= 0.3 is 11.1 Å². The van der Waals surface area contributed by atoms with Gasteiger partial charge in [-0.2, -0.15) is 0 Å². The average molecular weight is 378 g/mol. The van der Waals surface area contributed by atoms with Crippen molar-refractivity contribution in [1.29, 1.82) is 0 Å². The Morgan fingerprint density at radius 3 is 2.64 bits per heavy atom. The highest BCUT2D eigenvalue weighted by Crippen LogP contribution is 2.20. The molecule has 128 valence electrons. The van der Waals surface area contributed by atoms with Crippen molar-refractivity contribution in [2.45, 2.75) is 6.54 Å². The lowest BCUT2D eigenvalue weighted by Gasteiger charge is -2.11. The van der Waals surface area contributed by atoms with Gasteiger partial charge in [-0.3, -0.25) is 14.4 Å². The van der Waals surface area contributed by atoms with Gasteiger partial charge in [-0.1, -0.05) is 35.3 Å². The normalized spacial score (nSPS) is 10.8. The molecule has 0 fully saturated rings. The molecule has 1 aromatic heterocycles. The van der Waals surface area contributed by atoms with E-state index in [-0.39, 0.29) is 29.6 Å². The summed E-state index contributed by atoms with van der Waals surface area (Å²) in [5.74, 6) is -0.385. The number of hydrogen-bond donors (Lipinski definition) is 2. The molecular formula is C17H13Cl2N3O3. The quantitative estimate of drug-likeness (QED) is 0.684. The van der Waals surface area contributed by atoms with Crippen molar-refractivity contribution in [2.75, 3.05) is 6.54 Å². The predicted octanol–water partition coefficient (Wildman–Crippen LogP) is 2.43. The molecule has 8 heteroatoms. The zero-order chi connectivity index (χ0) is 18.0. The molecule has 3 aromatic rings. The standard InChI is InChI=1S/C17H13Cl2N3O3/c18-10-5-6-11(12(19)9-10)15(23)20-7-8-22-14-4-2-1-3-13(14)21-16(24)17(22)25/h1-6,9H,7-8H2,(H,20,23)(H,21,24). The van der Waals surface area contributed by atoms with E-state index in [1.165, 1.54) is 16.7 Å². The number of H-pyrrole nitrogens is 1. The van der Waals surface area contributed by atoms with Crippen LogP contribution in [0.5, 0.6) is 0 Å². The molecule has 0 atom stereocenters. The van der Waals surface area contributed by atoms with Gasteiger partial charge in [-0.05, 0) is 30.3 Å². The molecular weight excluding hydrogens is 365 g/mol. The van der Waals surface area contributed by atoms with Gasteiger partial charge in [0.15, 0.2) is 0 Å². The van der Waals surface area contributed by atoms with E-state index in [9.17, 15) is 14.4 Å². The largest absolute Gasteiger partial charge is 0.350 e. The summed E-state index contributed by atoms with van der Waals surface area (Å²) in [6, 6.07) is 11.5. The summed E-state index contributed by atoms with van der Waals surface area (Å²) < 4.78 is 1.33. The number of para-hydroxylation sites is 2. The second kappa shape index (κ2) is 7.13. The summed E-state index contributed by atoms with van der Waals surface area (Å²) in [6.45, 7) is 0.311. The van der Waals surface area contributed by atoms with Crippen LogP contribution in [0.2, 0.25) is 10.0 Å². The van der Waals surface area contributed by atoms with Crippen molar-refractivity contribution in [3.8, 4) is 0 Å². The summed E-state index contributed by atoms with van der Waals surface area (Å²) in [5.41, 5.74) is 0.0578. The number of benzene rings is 2. The van der Waals surface area contributed by atoms with E-state index in [1.807, 2.05) is 0 Å². The van der Waals surface area contributed by atoms with E-state index in [4.69, 9.17) is 23.2 Å². The van der Waals surface area contributed by atoms with Gasteiger partial charge < -0.3 is 14.9 Å². The zero-order valence-electron chi connectivity index (χ0n) is 12.9. The summed E-state index contributed by atoms with van der Waals surface area (Å²) in [5, 5.41) is 3.35. The van der Waals surface area contributed by atoms with Crippen LogP contribution >= 0.6 is 23.2 Å². The fourth-order valence-electron chi connectivity index (χ4n) is 2.49. The smallest absolute Gasteiger partial charge is 0.316 e. The topological polar surface area (TPSA) is 84.0 Å². The Hall–Kier alpha value is -2.57. The highest BCUT2D eigenvalue weighted by molar-refractivity contribution is 6.36. The maximum absolute atomic E-state index is 12.2. The number of nitrogens with one attached hydrogen (secondary N) is 2. The van der Waals surface area contributed by atoms with Crippen molar-refractivity contribution in [2.24, 2.45) is 0 Å². The lowest BCUT2D eigenvalue weighted by Crippen LogP contribution is -2.39. The van der Waals surface area contributed by atoms with Gasteiger partial charge in [0.2, 0.25) is 0 Å². The second-order valence-corrected chi connectivity index (χ2v) is 6.15. The van der Waals surface area contributed by atoms with Crippen molar-refractivity contribution >= 4 is 40.1 Å². The number of aromatic amines is 1. The number of nitrogens with zero attached hydrogens (tertiary/aromatic N) is 1. The molecule has 0 radical (unpaired) electrons. The van der Waals surface area contributed by atoms with Crippen LogP contribution < -0.4 is 16.4 Å². The van der Waals surface area contributed by atoms with Gasteiger partial charge in [0.1, 0.15) is 0 Å². The minimum absolute atomic E-state index is 0.153. The van der Waals surface area contributed by atoms with E-state index < -0.39 is 11.1 Å². The first-order chi connectivity index (χ1) is 12.0. The number of hydrogen-bond acceptors (Lipinski definition) is 3. The van der Waals surface area contributed by atoms with Crippen LogP contribution in [0.15, 0.2) is 52.1 Å². The molecule has 3 rings (SSSR count). The fourth-order valence-corrected chi connectivity index (χ4v) is 2.99. The number of carbonyl (C=O) groups excluding carboxylic acids is 1. The van der Waals surface area contributed by atoms with E-state index in [1.54, 1.807) is 30.3 Å². The van der Waals surface area contributed by atoms with E-state index in [0.717, 1.165) is 0 Å². The number of amides is 1. The van der Waals surface area contributed by atoms with Crippen LogP contribution in [0.4, 0.5) is 0 Å². The van der Waals surface area contributed by atoms with Crippen LogP contribution in [-0.4, -0.2) is 22.0 Å². The first-order valence-electron chi connectivity index (χ1n) is 7.42. The van der Waals surface area contributed by atoms with Crippen LogP contribution in [0.3, 0.4) is 0 Å². The minimum atomic E-state index is -0.703. The highest BCUT2D eigenvalue weighted by atomic mass is 35.5. The average Bonchev–Trinajstić information content (AvgIpc) is 2.58. The van der Waals surface area contributed by atoms with Crippen LogP contribution in [0.25, 0.3) is 11.0 Å². The van der Waals surface area contributed by atoms with Crippen LogP contribution in [0.1, 0.15) is 10.4 Å². The molecule has 6 nitrogen and oxygen atoms in total. The molecule has 0 aliphatic carbocycles. The summed E-state index contributed by atoms with van der Waals surface area (Å²) >= 11 is 11.8. The molecule has 2 aromatic carbocycles. The van der Waals surface area contributed by atoms with Gasteiger partial charge in [-0.15, -0.1) is 0 Å². The molecule has 0 saturated heterocycles. The first-order valence-corrected chi connectivity index (χ1v) is 8.18. The van der Waals surface area contributed by atoms with E-state index in [2.05, 4.69) is 10.3 Å². The molecule has 25 heavy (non-hydrogen) atoms. The maximum atomic E-state index is 12.2. The molecule has 0 aliphatic heterocycles. The molecule has 0 spiro atoms. The number of aromatic nitrogens is 2. The molecule has 0 aliphatic rings. The number of fused-ring (bicyclic) bond motifs is 1. The fraction of sp³-hybridized carbons (Fsp3) is 0.118. The molecule has 0 bridgehead atoms. The van der Waals surface area contributed by atoms with E-state index >= 15 is 0 Å². The molecule has 1 amide bonds. The van der Waals surface area contributed by atoms with Crippen molar-refractivity contribution in [1.82, 2.24) is 14.9 Å². The highest BCUT2D eigenvalue weighted by Gasteiger charge is 2.11. The van der Waals surface area contributed by atoms with Crippen LogP contribution in [-0.2, 0) is 6.54 Å². The summed E-state index contributed by atoms with van der Waals surface area (Å²) in [4.78, 5) is 38.6.